The minimum Gasteiger partial charge on any atom is -0.325 e. The molecule has 0 bridgehead atoms. The summed E-state index contributed by atoms with van der Waals surface area (Å²) in [5.41, 5.74) is 2.68. The number of amides is 1. The smallest absolute Gasteiger partial charge is 0.241 e. The van der Waals surface area contributed by atoms with Crippen LogP contribution in [0.3, 0.4) is 0 Å². The highest BCUT2D eigenvalue weighted by Gasteiger charge is 2.38. The molecule has 1 saturated carbocycles. The topological polar surface area (TPSA) is 84.7 Å². The molecule has 1 aromatic heterocycles. The molecule has 2 aromatic rings. The lowest BCUT2D eigenvalue weighted by Gasteiger charge is -2.24. The van der Waals surface area contributed by atoms with Gasteiger partial charge in [0.2, 0.25) is 5.91 Å². The molecule has 2 heterocycles. The Bertz CT molecular complexity index is 715. The Hall–Kier alpha value is -2.28. The number of carbonyl (C=O) groups excluding carboxylic acids is 1. The molecule has 4 rings (SSSR count). The Morgan fingerprint density at radius 1 is 1.33 bits per heavy atom. The predicted octanol–water partition coefficient (Wildman–Crippen LogP) is 1.83. The molecule has 1 saturated heterocycles. The van der Waals surface area contributed by atoms with Gasteiger partial charge in [-0.05, 0) is 60.2 Å². The molecule has 0 spiro atoms. The number of tetrazole rings is 1. The molecule has 24 heavy (non-hydrogen) atoms. The van der Waals surface area contributed by atoms with Crippen LogP contribution >= 0.6 is 0 Å². The number of carbonyl (C=O) groups is 1. The lowest BCUT2D eigenvalue weighted by molar-refractivity contribution is -0.117. The Labute approximate surface area is 140 Å². The highest BCUT2D eigenvalue weighted by molar-refractivity contribution is 5.95. The largest absolute Gasteiger partial charge is 0.325 e. The molecule has 2 fully saturated rings. The lowest BCUT2D eigenvalue weighted by atomic mass is 9.85. The van der Waals surface area contributed by atoms with E-state index in [0.29, 0.717) is 12.0 Å². The molecule has 0 radical (unpaired) electrons. The van der Waals surface area contributed by atoms with Crippen molar-refractivity contribution in [1.29, 1.82) is 0 Å². The summed E-state index contributed by atoms with van der Waals surface area (Å²) in [5, 5.41) is 17.8. The summed E-state index contributed by atoms with van der Waals surface area (Å²) in [6.07, 6.45) is 7.51. The Kier molecular flexibility index (Phi) is 4.02. The number of rotatable bonds is 3. The van der Waals surface area contributed by atoms with Crippen LogP contribution in [0.25, 0.3) is 5.69 Å². The molecule has 7 heteroatoms. The number of nitrogens with one attached hydrogen (secondary N) is 2. The second-order valence-electron chi connectivity index (χ2n) is 6.85. The van der Waals surface area contributed by atoms with E-state index >= 15 is 0 Å². The first kappa shape index (κ1) is 15.3. The van der Waals surface area contributed by atoms with Gasteiger partial charge in [-0.15, -0.1) is 5.10 Å². The average Bonchev–Trinajstić information content (AvgIpc) is 3.25. The molecule has 1 aromatic carbocycles. The van der Waals surface area contributed by atoms with Gasteiger partial charge in [0.1, 0.15) is 6.33 Å². The summed E-state index contributed by atoms with van der Waals surface area (Å²) >= 11 is 0. The first-order chi connectivity index (χ1) is 11.7. The highest BCUT2D eigenvalue weighted by atomic mass is 16.2. The van der Waals surface area contributed by atoms with E-state index in [0.717, 1.165) is 23.4 Å². The van der Waals surface area contributed by atoms with Gasteiger partial charge in [-0.1, -0.05) is 18.9 Å². The second-order valence-corrected chi connectivity index (χ2v) is 6.85. The maximum atomic E-state index is 12.6. The third-order valence-electron chi connectivity index (χ3n) is 5.25. The van der Waals surface area contributed by atoms with Crippen LogP contribution in [0, 0.1) is 12.8 Å². The summed E-state index contributed by atoms with van der Waals surface area (Å²) in [6.45, 7) is 1.99. The number of fused-ring (bicyclic) bond motifs is 1. The van der Waals surface area contributed by atoms with Gasteiger partial charge in [0, 0.05) is 11.7 Å². The summed E-state index contributed by atoms with van der Waals surface area (Å²) < 4.78 is 1.60. The first-order valence-corrected chi connectivity index (χ1v) is 8.61. The summed E-state index contributed by atoms with van der Waals surface area (Å²) in [5.74, 6) is 0.709. The molecule has 7 nitrogen and oxygen atoms in total. The zero-order valence-corrected chi connectivity index (χ0v) is 13.8. The molecule has 3 unspecified atom stereocenters. The predicted molar refractivity (Wildman–Crippen MR) is 89.8 cm³/mol. The van der Waals surface area contributed by atoms with Crippen molar-refractivity contribution in [1.82, 2.24) is 25.5 Å². The molecular formula is C17H22N6O. The lowest BCUT2D eigenvalue weighted by Crippen LogP contribution is -2.39. The van der Waals surface area contributed by atoms with Crippen LogP contribution in [-0.2, 0) is 4.79 Å². The van der Waals surface area contributed by atoms with Gasteiger partial charge in [0.25, 0.3) is 0 Å². The number of nitrogens with zero attached hydrogens (tertiary/aromatic N) is 4. The summed E-state index contributed by atoms with van der Waals surface area (Å²) in [6, 6.07) is 6.23. The van der Waals surface area contributed by atoms with Crippen molar-refractivity contribution in [2.75, 3.05) is 5.32 Å². The third kappa shape index (κ3) is 2.91. The molecule has 1 aliphatic carbocycles. The Balaban J connectivity index is 1.47. The standard InChI is InChI=1S/C17H22N6O/c1-11-6-7-13(9-16(11)23-10-18-21-22-23)19-17(24)15-8-12-4-2-3-5-14(12)20-15/h6-7,9-10,12,14-15,20H,2-5,8H2,1H3,(H,19,24). The monoisotopic (exact) mass is 326 g/mol. The fourth-order valence-electron chi connectivity index (χ4n) is 3.96. The number of anilines is 1. The first-order valence-electron chi connectivity index (χ1n) is 8.61. The van der Waals surface area contributed by atoms with E-state index in [1.807, 2.05) is 25.1 Å². The number of hydrogen-bond acceptors (Lipinski definition) is 5. The van der Waals surface area contributed by atoms with E-state index < -0.39 is 0 Å². The van der Waals surface area contributed by atoms with Crippen molar-refractivity contribution in [3.63, 3.8) is 0 Å². The number of hydrogen-bond donors (Lipinski definition) is 2. The third-order valence-corrected chi connectivity index (χ3v) is 5.25. The van der Waals surface area contributed by atoms with E-state index in [-0.39, 0.29) is 11.9 Å². The molecule has 1 amide bonds. The van der Waals surface area contributed by atoms with Crippen molar-refractivity contribution >= 4 is 11.6 Å². The Morgan fingerprint density at radius 2 is 2.21 bits per heavy atom. The quantitative estimate of drug-likeness (QED) is 0.899. The normalized spacial score (nSPS) is 26.1. The van der Waals surface area contributed by atoms with Crippen molar-refractivity contribution in [2.45, 2.75) is 51.1 Å². The zero-order chi connectivity index (χ0) is 16.5. The molecule has 126 valence electrons. The van der Waals surface area contributed by atoms with Gasteiger partial charge in [-0.25, -0.2) is 4.68 Å². The molecule has 3 atom stereocenters. The molecular weight excluding hydrogens is 304 g/mol. The van der Waals surface area contributed by atoms with Crippen molar-refractivity contribution in [2.24, 2.45) is 5.92 Å². The number of aryl methyl sites for hydroxylation is 1. The SMILES string of the molecule is Cc1ccc(NC(=O)C2CC3CCCCC3N2)cc1-n1cnnn1. The van der Waals surface area contributed by atoms with Gasteiger partial charge in [0.15, 0.2) is 0 Å². The number of aromatic nitrogens is 4. The fraction of sp³-hybridized carbons (Fsp3) is 0.529. The minimum atomic E-state index is -0.0871. The van der Waals surface area contributed by atoms with Gasteiger partial charge in [-0.3, -0.25) is 4.79 Å². The van der Waals surface area contributed by atoms with E-state index in [4.69, 9.17) is 0 Å². The maximum Gasteiger partial charge on any atom is 0.241 e. The average molecular weight is 326 g/mol. The van der Waals surface area contributed by atoms with E-state index in [9.17, 15) is 4.79 Å². The molecule has 1 aliphatic heterocycles. The fourth-order valence-corrected chi connectivity index (χ4v) is 3.96. The molecule has 2 N–H and O–H groups in total. The van der Waals surface area contributed by atoms with Crippen molar-refractivity contribution in [3.05, 3.63) is 30.1 Å². The van der Waals surface area contributed by atoms with E-state index in [1.54, 1.807) is 11.0 Å². The summed E-state index contributed by atoms with van der Waals surface area (Å²) in [4.78, 5) is 12.6. The van der Waals surface area contributed by atoms with Crippen molar-refractivity contribution in [3.8, 4) is 5.69 Å². The minimum absolute atomic E-state index is 0.0518. The summed E-state index contributed by atoms with van der Waals surface area (Å²) in [7, 11) is 0. The van der Waals surface area contributed by atoms with Crippen LogP contribution in [0.5, 0.6) is 0 Å². The Morgan fingerprint density at radius 3 is 3.00 bits per heavy atom. The van der Waals surface area contributed by atoms with Gasteiger partial charge < -0.3 is 10.6 Å². The van der Waals surface area contributed by atoms with Crippen LogP contribution in [0.2, 0.25) is 0 Å². The molecule has 2 aliphatic rings. The number of benzene rings is 1. The van der Waals surface area contributed by atoms with Crippen LogP contribution in [0.15, 0.2) is 24.5 Å². The van der Waals surface area contributed by atoms with Gasteiger partial charge >= 0.3 is 0 Å². The van der Waals surface area contributed by atoms with Crippen LogP contribution < -0.4 is 10.6 Å². The second kappa shape index (κ2) is 6.32. The van der Waals surface area contributed by atoms with E-state index in [2.05, 4.69) is 26.2 Å². The zero-order valence-electron chi connectivity index (χ0n) is 13.8. The maximum absolute atomic E-state index is 12.6. The van der Waals surface area contributed by atoms with Crippen LogP contribution in [-0.4, -0.2) is 38.2 Å². The van der Waals surface area contributed by atoms with Crippen LogP contribution in [0.1, 0.15) is 37.7 Å². The van der Waals surface area contributed by atoms with E-state index in [1.165, 1.54) is 25.7 Å². The van der Waals surface area contributed by atoms with Gasteiger partial charge in [0.05, 0.1) is 11.7 Å². The van der Waals surface area contributed by atoms with Gasteiger partial charge in [-0.2, -0.15) is 0 Å². The van der Waals surface area contributed by atoms with Crippen LogP contribution in [0.4, 0.5) is 5.69 Å². The van der Waals surface area contributed by atoms with Crippen molar-refractivity contribution < 1.29 is 4.79 Å². The highest BCUT2D eigenvalue weighted by Crippen LogP contribution is 2.33.